The fraction of sp³-hybridized carbons (Fsp3) is 0.176. The lowest BCUT2D eigenvalue weighted by atomic mass is 10.2. The summed E-state index contributed by atoms with van der Waals surface area (Å²) in [4.78, 5) is 11.9. The van der Waals surface area contributed by atoms with Gasteiger partial charge in [-0.3, -0.25) is 4.79 Å². The lowest BCUT2D eigenvalue weighted by Gasteiger charge is -2.03. The molecule has 0 atom stereocenters. The van der Waals surface area contributed by atoms with Gasteiger partial charge in [0.05, 0.1) is 12.0 Å². The van der Waals surface area contributed by atoms with Crippen LogP contribution in [0.5, 0.6) is 11.5 Å². The molecule has 2 aromatic rings. The first-order valence-electron chi connectivity index (χ1n) is 7.35. The van der Waals surface area contributed by atoms with Crippen molar-refractivity contribution in [2.24, 2.45) is 5.10 Å². The standard InChI is InChI=1S/C17H14Br2N2O3S/c18-13-3-1-2-11(4-13)8-25-9-17(22)21-20-7-12-5-15-16(6-14(12)19)24-10-23-15/h1-7H,8-10H2,(H,21,22). The van der Waals surface area contributed by atoms with E-state index in [0.29, 0.717) is 17.3 Å². The smallest absolute Gasteiger partial charge is 0.250 e. The van der Waals surface area contributed by atoms with Crippen LogP contribution in [0.3, 0.4) is 0 Å². The number of ether oxygens (including phenoxy) is 2. The number of amides is 1. The van der Waals surface area contributed by atoms with Crippen LogP contribution < -0.4 is 14.9 Å². The molecule has 0 fully saturated rings. The topological polar surface area (TPSA) is 59.9 Å². The van der Waals surface area contributed by atoms with Crippen molar-refractivity contribution in [1.82, 2.24) is 5.43 Å². The number of carbonyl (C=O) groups excluding carboxylic acids is 1. The third-order valence-corrected chi connectivity index (χ3v) is 5.46. The van der Waals surface area contributed by atoms with Gasteiger partial charge in [0.25, 0.3) is 0 Å². The summed E-state index contributed by atoms with van der Waals surface area (Å²) in [5.74, 6) is 2.32. The van der Waals surface area contributed by atoms with Crippen molar-refractivity contribution in [3.05, 3.63) is 56.5 Å². The van der Waals surface area contributed by atoms with Gasteiger partial charge in [0.1, 0.15) is 0 Å². The van der Waals surface area contributed by atoms with E-state index >= 15 is 0 Å². The van der Waals surface area contributed by atoms with Crippen molar-refractivity contribution in [3.8, 4) is 11.5 Å². The number of benzene rings is 2. The average molecular weight is 486 g/mol. The van der Waals surface area contributed by atoms with Gasteiger partial charge in [-0.05, 0) is 45.8 Å². The van der Waals surface area contributed by atoms with Crippen molar-refractivity contribution in [1.29, 1.82) is 0 Å². The van der Waals surface area contributed by atoms with Crippen LogP contribution in [-0.2, 0) is 10.5 Å². The summed E-state index contributed by atoms with van der Waals surface area (Å²) in [6, 6.07) is 11.7. The SMILES string of the molecule is O=C(CSCc1cccc(Br)c1)NN=Cc1cc2c(cc1Br)OCO2. The molecule has 0 radical (unpaired) electrons. The van der Waals surface area contributed by atoms with Crippen LogP contribution in [0.15, 0.2) is 50.4 Å². The van der Waals surface area contributed by atoms with E-state index in [1.165, 1.54) is 17.3 Å². The van der Waals surface area contributed by atoms with Crippen molar-refractivity contribution >= 4 is 55.7 Å². The largest absolute Gasteiger partial charge is 0.454 e. The van der Waals surface area contributed by atoms with Crippen LogP contribution in [0.1, 0.15) is 11.1 Å². The van der Waals surface area contributed by atoms with Crippen LogP contribution in [0.4, 0.5) is 0 Å². The predicted molar refractivity (Wildman–Crippen MR) is 106 cm³/mol. The Hall–Kier alpha value is -1.51. The molecule has 25 heavy (non-hydrogen) atoms. The molecule has 0 saturated heterocycles. The Labute approximate surface area is 166 Å². The molecule has 0 aromatic heterocycles. The molecule has 5 nitrogen and oxygen atoms in total. The summed E-state index contributed by atoms with van der Waals surface area (Å²) >= 11 is 8.42. The summed E-state index contributed by atoms with van der Waals surface area (Å²) < 4.78 is 12.5. The number of nitrogens with zero attached hydrogens (tertiary/aromatic N) is 1. The molecule has 1 aliphatic heterocycles. The summed E-state index contributed by atoms with van der Waals surface area (Å²) in [5, 5.41) is 4.00. The zero-order valence-corrected chi connectivity index (χ0v) is 17.0. The van der Waals surface area contributed by atoms with Gasteiger partial charge in [0.2, 0.25) is 12.7 Å². The Balaban J connectivity index is 1.46. The third-order valence-electron chi connectivity index (χ3n) is 3.28. The van der Waals surface area contributed by atoms with Crippen molar-refractivity contribution in [2.45, 2.75) is 5.75 Å². The van der Waals surface area contributed by atoms with E-state index in [1.54, 1.807) is 6.21 Å². The lowest BCUT2D eigenvalue weighted by molar-refractivity contribution is -0.118. The minimum absolute atomic E-state index is 0.145. The number of halogens is 2. The second-order valence-corrected chi connectivity index (χ2v) is 7.90. The van der Waals surface area contributed by atoms with E-state index in [9.17, 15) is 4.79 Å². The maximum Gasteiger partial charge on any atom is 0.250 e. The highest BCUT2D eigenvalue weighted by Gasteiger charge is 2.15. The number of fused-ring (bicyclic) bond motifs is 1. The van der Waals surface area contributed by atoms with Crippen molar-refractivity contribution in [2.75, 3.05) is 12.5 Å². The van der Waals surface area contributed by atoms with Crippen LogP contribution in [-0.4, -0.2) is 24.7 Å². The van der Waals surface area contributed by atoms with Gasteiger partial charge in [-0.15, -0.1) is 11.8 Å². The molecule has 0 saturated carbocycles. The quantitative estimate of drug-likeness (QED) is 0.488. The molecule has 1 N–H and O–H groups in total. The monoisotopic (exact) mass is 484 g/mol. The number of rotatable bonds is 6. The van der Waals surface area contributed by atoms with Crippen molar-refractivity contribution in [3.63, 3.8) is 0 Å². The van der Waals surface area contributed by atoms with Crippen LogP contribution in [0.25, 0.3) is 0 Å². The molecule has 130 valence electrons. The molecular weight excluding hydrogens is 472 g/mol. The molecule has 1 aliphatic rings. The van der Waals surface area contributed by atoms with Gasteiger partial charge in [-0.2, -0.15) is 5.10 Å². The van der Waals surface area contributed by atoms with Crippen LogP contribution in [0, 0.1) is 0 Å². The molecule has 3 rings (SSSR count). The number of nitrogens with one attached hydrogen (secondary N) is 1. The summed E-state index contributed by atoms with van der Waals surface area (Å²) in [6.07, 6.45) is 1.57. The molecule has 0 spiro atoms. The lowest BCUT2D eigenvalue weighted by Crippen LogP contribution is -2.19. The Morgan fingerprint density at radius 1 is 1.24 bits per heavy atom. The number of carbonyl (C=O) groups is 1. The second-order valence-electron chi connectivity index (χ2n) is 5.14. The van der Waals surface area contributed by atoms with Gasteiger partial charge in [0.15, 0.2) is 11.5 Å². The summed E-state index contributed by atoms with van der Waals surface area (Å²) in [7, 11) is 0. The van der Waals surface area contributed by atoms with E-state index in [2.05, 4.69) is 42.4 Å². The Morgan fingerprint density at radius 3 is 2.84 bits per heavy atom. The minimum atomic E-state index is -0.145. The number of thioether (sulfide) groups is 1. The molecule has 0 bridgehead atoms. The Morgan fingerprint density at radius 2 is 2.04 bits per heavy atom. The molecule has 1 amide bonds. The van der Waals surface area contributed by atoms with E-state index in [4.69, 9.17) is 9.47 Å². The normalized spacial score (nSPS) is 12.6. The van der Waals surface area contributed by atoms with E-state index < -0.39 is 0 Å². The van der Waals surface area contributed by atoms with E-state index in [-0.39, 0.29) is 12.7 Å². The molecular formula is C17H14Br2N2O3S. The molecule has 8 heteroatoms. The molecule has 0 aliphatic carbocycles. The molecule has 2 aromatic carbocycles. The van der Waals surface area contributed by atoms with Crippen molar-refractivity contribution < 1.29 is 14.3 Å². The number of hydrazone groups is 1. The summed E-state index contributed by atoms with van der Waals surface area (Å²) in [5.41, 5.74) is 4.50. The van der Waals surface area contributed by atoms with Gasteiger partial charge in [0, 0.05) is 20.3 Å². The zero-order chi connectivity index (χ0) is 17.6. The van der Waals surface area contributed by atoms with E-state index in [1.807, 2.05) is 36.4 Å². The summed E-state index contributed by atoms with van der Waals surface area (Å²) in [6.45, 7) is 0.217. The first-order valence-corrected chi connectivity index (χ1v) is 10.1. The van der Waals surface area contributed by atoms with Crippen LogP contribution in [0.2, 0.25) is 0 Å². The van der Waals surface area contributed by atoms with Crippen LogP contribution >= 0.6 is 43.6 Å². The average Bonchev–Trinajstić information content (AvgIpc) is 3.02. The molecule has 1 heterocycles. The zero-order valence-electron chi connectivity index (χ0n) is 13.0. The van der Waals surface area contributed by atoms with E-state index in [0.717, 1.165) is 20.3 Å². The Kier molecular flexibility index (Phi) is 6.39. The Bertz CT molecular complexity index is 814. The highest BCUT2D eigenvalue weighted by molar-refractivity contribution is 9.10. The first-order chi connectivity index (χ1) is 12.1. The van der Waals surface area contributed by atoms with Gasteiger partial charge < -0.3 is 9.47 Å². The minimum Gasteiger partial charge on any atom is -0.454 e. The van der Waals surface area contributed by atoms with Gasteiger partial charge in [-0.25, -0.2) is 5.43 Å². The number of hydrogen-bond donors (Lipinski definition) is 1. The fourth-order valence-electron chi connectivity index (χ4n) is 2.13. The second kappa shape index (κ2) is 8.73. The maximum absolute atomic E-state index is 11.9. The highest BCUT2D eigenvalue weighted by Crippen LogP contribution is 2.36. The number of hydrogen-bond acceptors (Lipinski definition) is 5. The first kappa shape index (κ1) is 18.3. The highest BCUT2D eigenvalue weighted by atomic mass is 79.9. The maximum atomic E-state index is 11.9. The third kappa shape index (κ3) is 5.23. The van der Waals surface area contributed by atoms with Gasteiger partial charge >= 0.3 is 0 Å². The molecule has 0 unspecified atom stereocenters. The van der Waals surface area contributed by atoms with Gasteiger partial charge in [-0.1, -0.05) is 28.1 Å². The fourth-order valence-corrected chi connectivity index (χ4v) is 3.76. The predicted octanol–water partition coefficient (Wildman–Crippen LogP) is 4.32.